The smallest absolute Gasteiger partial charge is 0.0234 e. The van der Waals surface area contributed by atoms with Crippen LogP contribution in [0.5, 0.6) is 0 Å². The molecule has 0 radical (unpaired) electrons. The third-order valence-corrected chi connectivity index (χ3v) is 3.35. The number of hydrogen-bond donors (Lipinski definition) is 1. The second-order valence-electron chi connectivity index (χ2n) is 3.74. The minimum atomic E-state index is 0.627. The van der Waals surface area contributed by atoms with Gasteiger partial charge in [-0.15, -0.1) is 0 Å². The Kier molecular flexibility index (Phi) is 4.43. The van der Waals surface area contributed by atoms with Crippen LogP contribution in [0.2, 0.25) is 0 Å². The van der Waals surface area contributed by atoms with Crippen LogP contribution in [0, 0.1) is 5.92 Å². The lowest BCUT2D eigenvalue weighted by atomic mass is 10.0. The standard InChI is InChI=1S/C11H19NS/c1-9(2)4-5-11-8-13-7-6-12-10(11)3/h4,11-12H,3,5-8H2,1-2H3. The van der Waals surface area contributed by atoms with Gasteiger partial charge in [-0.2, -0.15) is 11.8 Å². The van der Waals surface area contributed by atoms with Crippen molar-refractivity contribution >= 4 is 11.8 Å². The topological polar surface area (TPSA) is 12.0 Å². The summed E-state index contributed by atoms with van der Waals surface area (Å²) in [5.41, 5.74) is 2.63. The summed E-state index contributed by atoms with van der Waals surface area (Å²) in [7, 11) is 0. The van der Waals surface area contributed by atoms with Gasteiger partial charge in [0.1, 0.15) is 0 Å². The van der Waals surface area contributed by atoms with Gasteiger partial charge in [0.05, 0.1) is 0 Å². The molecule has 1 aliphatic rings. The Morgan fingerprint density at radius 2 is 2.46 bits per heavy atom. The van der Waals surface area contributed by atoms with Crippen molar-refractivity contribution in [2.24, 2.45) is 5.92 Å². The predicted molar refractivity (Wildman–Crippen MR) is 62.0 cm³/mol. The highest BCUT2D eigenvalue weighted by molar-refractivity contribution is 7.99. The summed E-state index contributed by atoms with van der Waals surface area (Å²) in [6.45, 7) is 9.46. The first-order chi connectivity index (χ1) is 6.20. The lowest BCUT2D eigenvalue weighted by Gasteiger charge is -2.14. The molecule has 0 spiro atoms. The van der Waals surface area contributed by atoms with E-state index in [0.29, 0.717) is 5.92 Å². The van der Waals surface area contributed by atoms with Gasteiger partial charge in [0.15, 0.2) is 0 Å². The summed E-state index contributed by atoms with van der Waals surface area (Å²) in [4.78, 5) is 0. The fourth-order valence-corrected chi connectivity index (χ4v) is 2.38. The predicted octanol–water partition coefficient (Wildman–Crippen LogP) is 2.81. The first-order valence-corrected chi connectivity index (χ1v) is 5.99. The van der Waals surface area contributed by atoms with Gasteiger partial charge in [-0.3, -0.25) is 0 Å². The summed E-state index contributed by atoms with van der Waals surface area (Å²) in [6, 6.07) is 0. The van der Waals surface area contributed by atoms with Crippen molar-refractivity contribution in [1.29, 1.82) is 0 Å². The molecule has 0 saturated carbocycles. The molecule has 1 N–H and O–H groups in total. The molecular formula is C11H19NS. The molecule has 13 heavy (non-hydrogen) atoms. The van der Waals surface area contributed by atoms with Gasteiger partial charge in [-0.05, 0) is 20.3 Å². The van der Waals surface area contributed by atoms with E-state index in [2.05, 4.69) is 31.8 Å². The maximum atomic E-state index is 4.08. The van der Waals surface area contributed by atoms with Gasteiger partial charge in [0.25, 0.3) is 0 Å². The van der Waals surface area contributed by atoms with Crippen molar-refractivity contribution in [3.05, 3.63) is 23.9 Å². The highest BCUT2D eigenvalue weighted by atomic mass is 32.2. The third-order valence-electron chi connectivity index (χ3n) is 2.22. The lowest BCUT2D eigenvalue weighted by Crippen LogP contribution is -2.19. The van der Waals surface area contributed by atoms with E-state index in [1.165, 1.54) is 22.8 Å². The average molecular weight is 197 g/mol. The maximum Gasteiger partial charge on any atom is 0.0234 e. The zero-order valence-corrected chi connectivity index (χ0v) is 9.41. The molecule has 1 rings (SSSR count). The monoisotopic (exact) mass is 197 g/mol. The fraction of sp³-hybridized carbons (Fsp3) is 0.636. The molecule has 74 valence electrons. The van der Waals surface area contributed by atoms with E-state index in [1.807, 2.05) is 11.8 Å². The largest absolute Gasteiger partial charge is 0.388 e. The number of nitrogens with one attached hydrogen (secondary N) is 1. The maximum absolute atomic E-state index is 4.08. The average Bonchev–Trinajstić information content (AvgIpc) is 2.27. The number of hydrogen-bond acceptors (Lipinski definition) is 2. The van der Waals surface area contributed by atoms with E-state index >= 15 is 0 Å². The van der Waals surface area contributed by atoms with E-state index in [0.717, 1.165) is 13.0 Å². The van der Waals surface area contributed by atoms with Gasteiger partial charge in [0.2, 0.25) is 0 Å². The zero-order valence-electron chi connectivity index (χ0n) is 8.60. The second kappa shape index (κ2) is 5.38. The molecule has 1 nitrogen and oxygen atoms in total. The summed E-state index contributed by atoms with van der Waals surface area (Å²) >= 11 is 2.03. The molecule has 0 aliphatic carbocycles. The van der Waals surface area contributed by atoms with E-state index in [1.54, 1.807) is 0 Å². The zero-order chi connectivity index (χ0) is 9.68. The summed E-state index contributed by atoms with van der Waals surface area (Å²) < 4.78 is 0. The molecule has 1 fully saturated rings. The van der Waals surface area contributed by atoms with Crippen LogP contribution in [0.25, 0.3) is 0 Å². The molecule has 1 aliphatic heterocycles. The van der Waals surface area contributed by atoms with Crippen LogP contribution < -0.4 is 5.32 Å². The van der Waals surface area contributed by atoms with Gasteiger partial charge in [0, 0.05) is 29.7 Å². The lowest BCUT2D eigenvalue weighted by molar-refractivity contribution is 0.645. The highest BCUT2D eigenvalue weighted by Crippen LogP contribution is 2.21. The molecule has 0 bridgehead atoms. The van der Waals surface area contributed by atoms with Crippen molar-refractivity contribution < 1.29 is 0 Å². The van der Waals surface area contributed by atoms with Crippen molar-refractivity contribution in [2.75, 3.05) is 18.1 Å². The summed E-state index contributed by atoms with van der Waals surface area (Å²) in [6.07, 6.45) is 3.45. The Hall–Kier alpha value is -0.370. The Morgan fingerprint density at radius 3 is 3.15 bits per heavy atom. The highest BCUT2D eigenvalue weighted by Gasteiger charge is 2.13. The van der Waals surface area contributed by atoms with Crippen molar-refractivity contribution in [3.63, 3.8) is 0 Å². The SMILES string of the molecule is C=C1NCCSCC1CC=C(C)C. The Bertz CT molecular complexity index is 204. The van der Waals surface area contributed by atoms with Crippen LogP contribution >= 0.6 is 11.8 Å². The van der Waals surface area contributed by atoms with E-state index in [-0.39, 0.29) is 0 Å². The van der Waals surface area contributed by atoms with Crippen LogP contribution in [0.1, 0.15) is 20.3 Å². The van der Waals surface area contributed by atoms with Crippen molar-refractivity contribution in [1.82, 2.24) is 5.32 Å². The Labute approximate surface area is 85.7 Å². The van der Waals surface area contributed by atoms with Crippen LogP contribution in [-0.2, 0) is 0 Å². The molecule has 1 atom stereocenters. The van der Waals surface area contributed by atoms with Crippen LogP contribution in [0.15, 0.2) is 23.9 Å². The van der Waals surface area contributed by atoms with Crippen molar-refractivity contribution in [2.45, 2.75) is 20.3 Å². The van der Waals surface area contributed by atoms with Crippen LogP contribution in [-0.4, -0.2) is 18.1 Å². The number of thioether (sulfide) groups is 1. The van der Waals surface area contributed by atoms with E-state index in [4.69, 9.17) is 0 Å². The Morgan fingerprint density at radius 1 is 1.69 bits per heavy atom. The molecule has 2 heteroatoms. The van der Waals surface area contributed by atoms with Gasteiger partial charge < -0.3 is 5.32 Å². The Balaban J connectivity index is 2.45. The molecule has 0 amide bonds. The van der Waals surface area contributed by atoms with Crippen LogP contribution in [0.4, 0.5) is 0 Å². The molecule has 0 aromatic rings. The molecule has 1 saturated heterocycles. The third kappa shape index (κ3) is 3.90. The molecule has 1 heterocycles. The minimum absolute atomic E-state index is 0.627. The first-order valence-electron chi connectivity index (χ1n) is 4.84. The quantitative estimate of drug-likeness (QED) is 0.683. The molecule has 0 aromatic heterocycles. The van der Waals surface area contributed by atoms with Gasteiger partial charge in [-0.1, -0.05) is 18.2 Å². The minimum Gasteiger partial charge on any atom is -0.388 e. The molecular weight excluding hydrogens is 178 g/mol. The second-order valence-corrected chi connectivity index (χ2v) is 4.89. The van der Waals surface area contributed by atoms with Gasteiger partial charge >= 0.3 is 0 Å². The normalized spacial score (nSPS) is 23.2. The number of rotatable bonds is 2. The molecule has 1 unspecified atom stereocenters. The van der Waals surface area contributed by atoms with Crippen LogP contribution in [0.3, 0.4) is 0 Å². The first kappa shape index (κ1) is 10.7. The fourth-order valence-electron chi connectivity index (χ4n) is 1.34. The summed E-state index contributed by atoms with van der Waals surface area (Å²) in [5, 5.41) is 3.37. The van der Waals surface area contributed by atoms with Crippen molar-refractivity contribution in [3.8, 4) is 0 Å². The van der Waals surface area contributed by atoms with E-state index in [9.17, 15) is 0 Å². The number of allylic oxidation sites excluding steroid dienone is 3. The van der Waals surface area contributed by atoms with Gasteiger partial charge in [-0.25, -0.2) is 0 Å². The molecule has 0 aromatic carbocycles. The van der Waals surface area contributed by atoms with E-state index < -0.39 is 0 Å². The summed E-state index contributed by atoms with van der Waals surface area (Å²) in [5.74, 6) is 3.06.